The van der Waals surface area contributed by atoms with Crippen LogP contribution in [0.25, 0.3) is 6.08 Å². The van der Waals surface area contributed by atoms with Gasteiger partial charge in [0, 0.05) is 74.9 Å². The number of piperazine rings is 1. The van der Waals surface area contributed by atoms with Gasteiger partial charge in [-0.2, -0.15) is 0 Å². The van der Waals surface area contributed by atoms with Crippen LogP contribution in [0.15, 0.2) is 65.7 Å². The molecule has 3 aromatic rings. The molecule has 2 saturated heterocycles. The molecule has 0 aliphatic carbocycles. The number of hydrogen-bond donors (Lipinski definition) is 0. The average molecular weight is 550 g/mol. The van der Waals surface area contributed by atoms with Crippen molar-refractivity contribution in [2.45, 2.75) is 51.9 Å². The number of aryl methyl sites for hydroxylation is 1. The molecule has 0 atom stereocenters. The fourth-order valence-electron chi connectivity index (χ4n) is 7.05. The van der Waals surface area contributed by atoms with E-state index in [1.165, 1.54) is 46.0 Å². The van der Waals surface area contributed by atoms with Crippen LogP contribution in [0.3, 0.4) is 0 Å². The number of likely N-dealkylation sites (tertiary alicyclic amines) is 1. The zero-order chi connectivity index (χ0) is 27.6. The van der Waals surface area contributed by atoms with E-state index in [4.69, 9.17) is 9.73 Å². The van der Waals surface area contributed by atoms with Crippen molar-refractivity contribution in [3.8, 4) is 5.75 Å². The van der Waals surface area contributed by atoms with Crippen LogP contribution < -0.4 is 20.2 Å². The van der Waals surface area contributed by atoms with Crippen molar-refractivity contribution in [1.82, 2.24) is 14.7 Å². The van der Waals surface area contributed by atoms with E-state index < -0.39 is 0 Å². The van der Waals surface area contributed by atoms with Crippen LogP contribution in [0.1, 0.15) is 41.5 Å². The molecule has 0 N–H and O–H groups in total. The minimum Gasteiger partial charge on any atom is -0.476 e. The predicted molar refractivity (Wildman–Crippen MR) is 166 cm³/mol. The third-order valence-electron chi connectivity index (χ3n) is 9.44. The lowest BCUT2D eigenvalue weighted by Gasteiger charge is -2.40. The molecule has 0 bridgehead atoms. The van der Waals surface area contributed by atoms with Crippen LogP contribution in [0.2, 0.25) is 0 Å². The van der Waals surface area contributed by atoms with Gasteiger partial charge < -0.3 is 9.64 Å². The predicted octanol–water partition coefficient (Wildman–Crippen LogP) is 3.94. The Balaban J connectivity index is 1.02. The van der Waals surface area contributed by atoms with Crippen molar-refractivity contribution >= 4 is 11.8 Å². The molecule has 0 saturated carbocycles. The number of hydrogen-bond acceptors (Lipinski definition) is 6. The molecule has 3 aromatic carbocycles. The molecule has 7 rings (SSSR count). The van der Waals surface area contributed by atoms with Gasteiger partial charge in [0.2, 0.25) is 0 Å². The first-order chi connectivity index (χ1) is 20.2. The van der Waals surface area contributed by atoms with Crippen molar-refractivity contribution in [3.63, 3.8) is 0 Å². The van der Waals surface area contributed by atoms with Gasteiger partial charge in [-0.25, -0.2) is 0 Å². The van der Waals surface area contributed by atoms with Crippen LogP contribution in [0, 0.1) is 6.92 Å². The van der Waals surface area contributed by atoms with Crippen LogP contribution >= 0.6 is 0 Å². The van der Waals surface area contributed by atoms with Crippen LogP contribution in [0.5, 0.6) is 5.75 Å². The lowest BCUT2D eigenvalue weighted by atomic mass is 9.98. The third kappa shape index (κ3) is 5.92. The van der Waals surface area contributed by atoms with Crippen molar-refractivity contribution in [1.29, 1.82) is 0 Å². The Morgan fingerprint density at radius 1 is 0.854 bits per heavy atom. The van der Waals surface area contributed by atoms with E-state index in [1.807, 2.05) is 0 Å². The molecular weight excluding hydrogens is 506 g/mol. The van der Waals surface area contributed by atoms with Crippen molar-refractivity contribution in [2.75, 3.05) is 57.4 Å². The van der Waals surface area contributed by atoms with E-state index in [2.05, 4.69) is 93.3 Å². The summed E-state index contributed by atoms with van der Waals surface area (Å²) in [7, 11) is 0. The Hall–Kier alpha value is -3.19. The normalized spacial score (nSPS) is 20.5. The van der Waals surface area contributed by atoms with E-state index in [0.29, 0.717) is 12.8 Å². The van der Waals surface area contributed by atoms with Gasteiger partial charge in [0.1, 0.15) is 12.1 Å². The molecule has 4 aliphatic rings. The molecule has 214 valence electrons. The maximum Gasteiger partial charge on any atom is 0.151 e. The van der Waals surface area contributed by atoms with E-state index in [9.17, 15) is 0 Å². The maximum absolute atomic E-state index is 6.50. The highest BCUT2D eigenvalue weighted by Crippen LogP contribution is 2.28. The first-order valence-corrected chi connectivity index (χ1v) is 15.6. The second kappa shape index (κ2) is 12.0. The summed E-state index contributed by atoms with van der Waals surface area (Å²) in [6.45, 7) is 13.3. The molecule has 4 heterocycles. The monoisotopic (exact) mass is 549 g/mol. The largest absolute Gasteiger partial charge is 0.476 e. The number of anilines is 1. The van der Waals surface area contributed by atoms with E-state index in [0.717, 1.165) is 83.0 Å². The van der Waals surface area contributed by atoms with Gasteiger partial charge in [-0.05, 0) is 68.6 Å². The van der Waals surface area contributed by atoms with Crippen LogP contribution in [-0.4, -0.2) is 73.3 Å². The van der Waals surface area contributed by atoms with E-state index in [-0.39, 0.29) is 0 Å². The van der Waals surface area contributed by atoms with Crippen LogP contribution in [0.4, 0.5) is 5.69 Å². The average Bonchev–Trinajstić information content (AvgIpc) is 3.03. The number of ether oxygens (including phenoxy) is 1. The molecule has 0 spiro atoms. The molecule has 4 aliphatic heterocycles. The molecule has 0 unspecified atom stereocenters. The first-order valence-electron chi connectivity index (χ1n) is 15.6. The third-order valence-corrected chi connectivity index (χ3v) is 9.44. The van der Waals surface area contributed by atoms with Gasteiger partial charge >= 0.3 is 0 Å². The number of nitrogens with zero attached hydrogens (tertiary/aromatic N) is 5. The summed E-state index contributed by atoms with van der Waals surface area (Å²) >= 11 is 0. The molecule has 41 heavy (non-hydrogen) atoms. The Morgan fingerprint density at radius 2 is 1.61 bits per heavy atom. The molecular formula is C35H43N5O. The van der Waals surface area contributed by atoms with Crippen molar-refractivity contribution in [3.05, 3.63) is 93.5 Å². The molecule has 0 radical (unpaired) electrons. The van der Waals surface area contributed by atoms with Gasteiger partial charge in [-0.3, -0.25) is 19.7 Å². The quantitative estimate of drug-likeness (QED) is 0.466. The Labute approximate surface area is 244 Å². The van der Waals surface area contributed by atoms with Crippen molar-refractivity contribution in [2.24, 2.45) is 4.99 Å². The molecule has 6 nitrogen and oxygen atoms in total. The summed E-state index contributed by atoms with van der Waals surface area (Å²) in [5, 5.41) is 2.43. The zero-order valence-electron chi connectivity index (χ0n) is 24.5. The molecule has 0 amide bonds. The fraction of sp³-hybridized carbons (Fsp3) is 0.457. The SMILES string of the molecule is Cc1ccc(N2CCN(Cc3cc4c(c5c3=CCCN=5)OCN(C3CCN(Cc5ccccc5)CC3)C4)CC2)cc1. The van der Waals surface area contributed by atoms with Gasteiger partial charge in [0.05, 0.1) is 0 Å². The minimum absolute atomic E-state index is 0.577. The summed E-state index contributed by atoms with van der Waals surface area (Å²) in [6.07, 6.45) is 5.83. The summed E-state index contributed by atoms with van der Waals surface area (Å²) in [6, 6.07) is 22.9. The summed E-state index contributed by atoms with van der Waals surface area (Å²) in [5.74, 6) is 1.04. The number of rotatable bonds is 6. The van der Waals surface area contributed by atoms with E-state index >= 15 is 0 Å². The Kier molecular flexibility index (Phi) is 7.79. The maximum atomic E-state index is 6.50. The number of piperidine rings is 1. The number of fused-ring (bicyclic) bond motifs is 3. The summed E-state index contributed by atoms with van der Waals surface area (Å²) < 4.78 is 6.50. The van der Waals surface area contributed by atoms with E-state index in [1.54, 1.807) is 0 Å². The van der Waals surface area contributed by atoms with Crippen LogP contribution in [-0.2, 0) is 19.6 Å². The smallest absolute Gasteiger partial charge is 0.151 e. The van der Waals surface area contributed by atoms with Gasteiger partial charge in [-0.1, -0.05) is 54.1 Å². The standard InChI is InChI=1S/C35H43N5O/c1-27-9-11-31(12-10-27)39-20-18-38(19-21-39)24-29-22-30-25-40(26-41-35(30)34-33(29)8-5-15-36-34)32-13-16-37(17-14-32)23-28-6-3-2-4-7-28/h2-4,6-12,22,32H,5,13-21,23-26H2,1H3. The topological polar surface area (TPSA) is 34.6 Å². The number of benzene rings is 3. The highest BCUT2D eigenvalue weighted by Gasteiger charge is 2.30. The Bertz CT molecular complexity index is 1460. The first kappa shape index (κ1) is 26.7. The molecule has 6 heteroatoms. The van der Waals surface area contributed by atoms with Crippen molar-refractivity contribution < 1.29 is 4.74 Å². The zero-order valence-corrected chi connectivity index (χ0v) is 24.5. The minimum atomic E-state index is 0.577. The van der Waals surface area contributed by atoms with Gasteiger partial charge in [-0.15, -0.1) is 0 Å². The highest BCUT2D eigenvalue weighted by atomic mass is 16.5. The second-order valence-electron chi connectivity index (χ2n) is 12.3. The molecule has 0 aromatic heterocycles. The molecule has 2 fully saturated rings. The summed E-state index contributed by atoms with van der Waals surface area (Å²) in [4.78, 5) is 15.3. The highest BCUT2D eigenvalue weighted by molar-refractivity contribution is 5.48. The van der Waals surface area contributed by atoms with Gasteiger partial charge in [0.25, 0.3) is 0 Å². The lowest BCUT2D eigenvalue weighted by Crippen LogP contribution is -2.49. The fourth-order valence-corrected chi connectivity index (χ4v) is 7.05. The van der Waals surface area contributed by atoms with Gasteiger partial charge in [0.15, 0.2) is 5.75 Å². The second-order valence-corrected chi connectivity index (χ2v) is 12.3. The lowest BCUT2D eigenvalue weighted by molar-refractivity contribution is 0.0232. The summed E-state index contributed by atoms with van der Waals surface area (Å²) in [5.41, 5.74) is 6.83. The Morgan fingerprint density at radius 3 is 2.39 bits per heavy atom.